The van der Waals surface area contributed by atoms with Gasteiger partial charge < -0.3 is 0 Å². The van der Waals surface area contributed by atoms with E-state index in [9.17, 15) is 8.42 Å². The van der Waals surface area contributed by atoms with E-state index in [1.54, 1.807) is 6.92 Å². The van der Waals surface area contributed by atoms with E-state index in [0.717, 1.165) is 0 Å². The molecule has 1 aromatic carbocycles. The highest BCUT2D eigenvalue weighted by molar-refractivity contribution is 9.10. The SMILES string of the molecule is CC(CCl)CS(=O)(=O)c1ccc(C#N)c(Br)c1. The summed E-state index contributed by atoms with van der Waals surface area (Å²) in [6, 6.07) is 6.35. The van der Waals surface area contributed by atoms with Gasteiger partial charge in [0.25, 0.3) is 0 Å². The van der Waals surface area contributed by atoms with Gasteiger partial charge in [-0.05, 0) is 40.0 Å². The fraction of sp³-hybridized carbons (Fsp3) is 0.364. The zero-order chi connectivity index (χ0) is 13.1. The molecule has 92 valence electrons. The normalized spacial score (nSPS) is 13.1. The van der Waals surface area contributed by atoms with Gasteiger partial charge in [-0.3, -0.25) is 0 Å². The van der Waals surface area contributed by atoms with E-state index in [1.807, 2.05) is 6.07 Å². The van der Waals surface area contributed by atoms with Gasteiger partial charge in [0, 0.05) is 10.4 Å². The first-order valence-corrected chi connectivity index (χ1v) is 7.87. The first-order valence-electron chi connectivity index (χ1n) is 4.89. The number of nitrogens with zero attached hydrogens (tertiary/aromatic N) is 1. The van der Waals surface area contributed by atoms with E-state index in [4.69, 9.17) is 16.9 Å². The number of nitriles is 1. The van der Waals surface area contributed by atoms with Crippen molar-refractivity contribution in [2.24, 2.45) is 5.92 Å². The maximum Gasteiger partial charge on any atom is 0.178 e. The van der Waals surface area contributed by atoms with E-state index in [0.29, 0.717) is 15.9 Å². The minimum absolute atomic E-state index is 0.00877. The fourth-order valence-electron chi connectivity index (χ4n) is 1.30. The molecule has 0 spiro atoms. The van der Waals surface area contributed by atoms with Crippen LogP contribution in [-0.4, -0.2) is 20.1 Å². The van der Waals surface area contributed by atoms with Crippen LogP contribution in [0.5, 0.6) is 0 Å². The summed E-state index contributed by atoms with van der Waals surface area (Å²) in [4.78, 5) is 0.209. The smallest absolute Gasteiger partial charge is 0.178 e. The lowest BCUT2D eigenvalue weighted by Crippen LogP contribution is -2.15. The zero-order valence-corrected chi connectivity index (χ0v) is 12.3. The van der Waals surface area contributed by atoms with Crippen molar-refractivity contribution < 1.29 is 8.42 Å². The number of benzene rings is 1. The number of hydrogen-bond donors (Lipinski definition) is 0. The Morgan fingerprint density at radius 2 is 2.18 bits per heavy atom. The molecular weight excluding hydrogens is 326 g/mol. The fourth-order valence-corrected chi connectivity index (χ4v) is 3.78. The molecule has 0 saturated carbocycles. The third-order valence-corrected chi connectivity index (χ3v) is 5.35. The number of hydrogen-bond acceptors (Lipinski definition) is 3. The van der Waals surface area contributed by atoms with Crippen molar-refractivity contribution in [2.45, 2.75) is 11.8 Å². The van der Waals surface area contributed by atoms with Gasteiger partial charge in [0.15, 0.2) is 9.84 Å². The summed E-state index contributed by atoms with van der Waals surface area (Å²) in [7, 11) is -3.34. The minimum atomic E-state index is -3.34. The van der Waals surface area contributed by atoms with Crippen molar-refractivity contribution in [1.29, 1.82) is 5.26 Å². The Morgan fingerprint density at radius 3 is 2.65 bits per heavy atom. The van der Waals surface area contributed by atoms with Gasteiger partial charge in [-0.15, -0.1) is 11.6 Å². The van der Waals surface area contributed by atoms with Crippen LogP contribution in [-0.2, 0) is 9.84 Å². The largest absolute Gasteiger partial charge is 0.224 e. The van der Waals surface area contributed by atoms with Gasteiger partial charge in [0.2, 0.25) is 0 Å². The Balaban J connectivity index is 3.09. The van der Waals surface area contributed by atoms with E-state index < -0.39 is 9.84 Å². The summed E-state index contributed by atoms with van der Waals surface area (Å²) in [5.41, 5.74) is 0.411. The van der Waals surface area contributed by atoms with Crippen LogP contribution < -0.4 is 0 Å². The molecule has 1 atom stereocenters. The minimum Gasteiger partial charge on any atom is -0.224 e. The molecule has 0 aliphatic carbocycles. The van der Waals surface area contributed by atoms with Crippen LogP contribution in [0.25, 0.3) is 0 Å². The number of sulfone groups is 1. The standard InChI is InChI=1S/C11H11BrClNO2S/c1-8(5-13)7-17(15,16)10-3-2-9(6-14)11(12)4-10/h2-4,8H,5,7H2,1H3. The Hall–Kier alpha value is -0.570. The van der Waals surface area contributed by atoms with Gasteiger partial charge in [0.1, 0.15) is 6.07 Å². The maximum absolute atomic E-state index is 12.0. The van der Waals surface area contributed by atoms with Crippen LogP contribution in [0.2, 0.25) is 0 Å². The van der Waals surface area contributed by atoms with E-state index in [-0.39, 0.29) is 16.6 Å². The van der Waals surface area contributed by atoms with Crippen molar-refractivity contribution in [3.05, 3.63) is 28.2 Å². The molecule has 17 heavy (non-hydrogen) atoms. The molecule has 0 radical (unpaired) electrons. The average molecular weight is 337 g/mol. The van der Waals surface area contributed by atoms with Crippen LogP contribution in [0.1, 0.15) is 12.5 Å². The third-order valence-electron chi connectivity index (χ3n) is 2.19. The van der Waals surface area contributed by atoms with E-state index in [1.165, 1.54) is 18.2 Å². The predicted octanol–water partition coefficient (Wildman–Crippen LogP) is 2.97. The Kier molecular flexibility index (Phi) is 4.99. The molecule has 0 aliphatic heterocycles. The van der Waals surface area contributed by atoms with E-state index >= 15 is 0 Å². The summed E-state index contributed by atoms with van der Waals surface area (Å²) in [6.07, 6.45) is 0. The number of rotatable bonds is 4. The molecule has 6 heteroatoms. The van der Waals surface area contributed by atoms with Gasteiger partial charge in [-0.25, -0.2) is 8.42 Å². The molecule has 0 heterocycles. The second-order valence-corrected chi connectivity index (χ2v) is 6.99. The summed E-state index contributed by atoms with van der Waals surface area (Å²) < 4.78 is 24.5. The summed E-state index contributed by atoms with van der Waals surface area (Å²) in [6.45, 7) is 1.78. The van der Waals surface area contributed by atoms with Gasteiger partial charge >= 0.3 is 0 Å². The predicted molar refractivity (Wildman–Crippen MR) is 70.8 cm³/mol. The monoisotopic (exact) mass is 335 g/mol. The molecule has 0 saturated heterocycles. The molecule has 0 bridgehead atoms. The van der Waals surface area contributed by atoms with Crippen molar-refractivity contribution in [3.8, 4) is 6.07 Å². The molecule has 0 aromatic heterocycles. The van der Waals surface area contributed by atoms with Crippen LogP contribution >= 0.6 is 27.5 Å². The van der Waals surface area contributed by atoms with E-state index in [2.05, 4.69) is 15.9 Å². The highest BCUT2D eigenvalue weighted by Gasteiger charge is 2.19. The Bertz CT molecular complexity index is 551. The number of halogens is 2. The molecule has 1 aromatic rings. The lowest BCUT2D eigenvalue weighted by Gasteiger charge is -2.09. The molecule has 1 unspecified atom stereocenters. The lowest BCUT2D eigenvalue weighted by atomic mass is 10.2. The van der Waals surface area contributed by atoms with Crippen molar-refractivity contribution in [2.75, 3.05) is 11.6 Å². The lowest BCUT2D eigenvalue weighted by molar-refractivity contribution is 0.583. The van der Waals surface area contributed by atoms with Crippen LogP contribution in [0.15, 0.2) is 27.6 Å². The molecule has 0 fully saturated rings. The first-order chi connectivity index (χ1) is 7.90. The van der Waals surface area contributed by atoms with Gasteiger partial charge in [-0.2, -0.15) is 5.26 Å². The molecule has 0 amide bonds. The first kappa shape index (κ1) is 14.5. The van der Waals surface area contributed by atoms with Crippen molar-refractivity contribution in [3.63, 3.8) is 0 Å². The molecule has 0 N–H and O–H groups in total. The van der Waals surface area contributed by atoms with Crippen molar-refractivity contribution in [1.82, 2.24) is 0 Å². The summed E-state index contributed by atoms with van der Waals surface area (Å²) >= 11 is 8.78. The average Bonchev–Trinajstić information content (AvgIpc) is 2.28. The quantitative estimate of drug-likeness (QED) is 0.794. The second kappa shape index (κ2) is 5.85. The molecule has 1 rings (SSSR count). The van der Waals surface area contributed by atoms with Gasteiger partial charge in [-0.1, -0.05) is 6.92 Å². The topological polar surface area (TPSA) is 57.9 Å². The summed E-state index contributed by atoms with van der Waals surface area (Å²) in [5, 5.41) is 8.75. The summed E-state index contributed by atoms with van der Waals surface area (Å²) in [5.74, 6) is 0.210. The molecule has 0 aliphatic rings. The second-order valence-electron chi connectivity index (χ2n) is 3.79. The number of alkyl halides is 1. The van der Waals surface area contributed by atoms with Crippen LogP contribution in [0, 0.1) is 17.2 Å². The van der Waals surface area contributed by atoms with Crippen LogP contribution in [0.3, 0.4) is 0 Å². The van der Waals surface area contributed by atoms with Gasteiger partial charge in [0.05, 0.1) is 16.2 Å². The molecular formula is C11H11BrClNO2S. The highest BCUT2D eigenvalue weighted by Crippen LogP contribution is 2.22. The maximum atomic E-state index is 12.0. The Labute approximate surface area is 114 Å². The Morgan fingerprint density at radius 1 is 1.53 bits per heavy atom. The van der Waals surface area contributed by atoms with Crippen molar-refractivity contribution >= 4 is 37.4 Å². The van der Waals surface area contributed by atoms with Crippen LogP contribution in [0.4, 0.5) is 0 Å². The highest BCUT2D eigenvalue weighted by atomic mass is 79.9. The zero-order valence-electron chi connectivity index (χ0n) is 9.15. The third kappa shape index (κ3) is 3.70. The molecule has 3 nitrogen and oxygen atoms in total.